The number of carbonyl (C=O) groups excluding carboxylic acids is 1. The van der Waals surface area contributed by atoms with E-state index in [1.165, 1.54) is 18.2 Å². The highest BCUT2D eigenvalue weighted by Gasteiger charge is 2.30. The second-order valence-electron chi connectivity index (χ2n) is 4.12. The fraction of sp³-hybridized carbons (Fsp3) is 0.308. The zero-order valence-electron chi connectivity index (χ0n) is 10.4. The highest BCUT2D eigenvalue weighted by Crippen LogP contribution is 2.29. The Bertz CT molecular complexity index is 458. The van der Waals surface area contributed by atoms with Crippen molar-refractivity contribution in [2.75, 3.05) is 14.1 Å². The molecule has 0 saturated heterocycles. The molecule has 1 rings (SSSR count). The van der Waals surface area contributed by atoms with E-state index in [-0.39, 0.29) is 11.3 Å². The standard InChI is InChI=1S/C13H14F3NO/c1-9(17(2)3)8-12(18)10-4-6-11(7-5-10)13(14,15)16/h4-8H,1-3H3/b9-8-. The number of ketones is 1. The molecule has 0 N–H and O–H groups in total. The maximum atomic E-state index is 12.3. The molecular weight excluding hydrogens is 243 g/mol. The Morgan fingerprint density at radius 1 is 1.17 bits per heavy atom. The molecule has 0 atom stereocenters. The van der Waals surface area contributed by atoms with Gasteiger partial charge in [-0.05, 0) is 19.1 Å². The SMILES string of the molecule is C/C(=C/C(=O)c1ccc(C(F)(F)F)cc1)N(C)C. The minimum absolute atomic E-state index is 0.240. The van der Waals surface area contributed by atoms with Crippen LogP contribution in [0.1, 0.15) is 22.8 Å². The van der Waals surface area contributed by atoms with Gasteiger partial charge in [-0.2, -0.15) is 13.2 Å². The first-order chi connectivity index (χ1) is 8.21. The van der Waals surface area contributed by atoms with Gasteiger partial charge in [-0.15, -0.1) is 0 Å². The molecule has 0 saturated carbocycles. The predicted molar refractivity (Wildman–Crippen MR) is 63.2 cm³/mol. The van der Waals surface area contributed by atoms with Crippen molar-refractivity contribution in [1.82, 2.24) is 4.90 Å². The number of allylic oxidation sites excluding steroid dienone is 2. The number of rotatable bonds is 3. The van der Waals surface area contributed by atoms with Gasteiger partial charge in [-0.1, -0.05) is 12.1 Å². The summed E-state index contributed by atoms with van der Waals surface area (Å²) in [6.45, 7) is 1.75. The van der Waals surface area contributed by atoms with Crippen LogP contribution in [-0.2, 0) is 6.18 Å². The quantitative estimate of drug-likeness (QED) is 0.611. The van der Waals surface area contributed by atoms with E-state index in [0.29, 0.717) is 0 Å². The van der Waals surface area contributed by atoms with E-state index in [4.69, 9.17) is 0 Å². The Hall–Kier alpha value is -1.78. The monoisotopic (exact) mass is 257 g/mol. The number of alkyl halides is 3. The molecule has 0 amide bonds. The van der Waals surface area contributed by atoms with Gasteiger partial charge in [0.15, 0.2) is 5.78 Å². The Labute approximate surface area is 104 Å². The Balaban J connectivity index is 2.93. The van der Waals surface area contributed by atoms with Gasteiger partial charge in [0.05, 0.1) is 5.56 Å². The van der Waals surface area contributed by atoms with Crippen LogP contribution in [0.5, 0.6) is 0 Å². The molecule has 0 fully saturated rings. The molecule has 0 unspecified atom stereocenters. The fourth-order valence-electron chi connectivity index (χ4n) is 1.23. The molecule has 0 heterocycles. The second kappa shape index (κ2) is 5.25. The summed E-state index contributed by atoms with van der Waals surface area (Å²) >= 11 is 0. The first-order valence-electron chi connectivity index (χ1n) is 5.29. The zero-order chi connectivity index (χ0) is 13.9. The van der Waals surface area contributed by atoms with Crippen molar-refractivity contribution in [2.45, 2.75) is 13.1 Å². The Morgan fingerprint density at radius 3 is 2.06 bits per heavy atom. The number of benzene rings is 1. The van der Waals surface area contributed by atoms with E-state index in [9.17, 15) is 18.0 Å². The smallest absolute Gasteiger partial charge is 0.381 e. The predicted octanol–water partition coefficient (Wildman–Crippen LogP) is 3.35. The van der Waals surface area contributed by atoms with Gasteiger partial charge < -0.3 is 4.90 Å². The zero-order valence-corrected chi connectivity index (χ0v) is 10.4. The van der Waals surface area contributed by atoms with Crippen LogP contribution in [0.2, 0.25) is 0 Å². The minimum atomic E-state index is -4.38. The van der Waals surface area contributed by atoms with Gasteiger partial charge in [0.2, 0.25) is 0 Å². The van der Waals surface area contributed by atoms with Crippen molar-refractivity contribution in [3.05, 3.63) is 47.2 Å². The first kappa shape index (κ1) is 14.3. The molecule has 0 aliphatic rings. The van der Waals surface area contributed by atoms with Crippen LogP contribution in [0.15, 0.2) is 36.0 Å². The number of nitrogens with zero attached hydrogens (tertiary/aromatic N) is 1. The minimum Gasteiger partial charge on any atom is -0.381 e. The van der Waals surface area contributed by atoms with E-state index >= 15 is 0 Å². The molecule has 98 valence electrons. The van der Waals surface area contributed by atoms with E-state index in [1.807, 2.05) is 0 Å². The average Bonchev–Trinajstić information content (AvgIpc) is 2.27. The lowest BCUT2D eigenvalue weighted by atomic mass is 10.1. The van der Waals surface area contributed by atoms with Gasteiger partial charge in [0.1, 0.15) is 0 Å². The molecule has 0 radical (unpaired) electrons. The molecule has 0 spiro atoms. The summed E-state index contributed by atoms with van der Waals surface area (Å²) < 4.78 is 37.0. The largest absolute Gasteiger partial charge is 0.416 e. The lowest BCUT2D eigenvalue weighted by Gasteiger charge is -2.12. The lowest BCUT2D eigenvalue weighted by molar-refractivity contribution is -0.137. The van der Waals surface area contributed by atoms with Crippen molar-refractivity contribution >= 4 is 5.78 Å². The molecule has 0 aromatic heterocycles. The van der Waals surface area contributed by atoms with E-state index in [2.05, 4.69) is 0 Å². The molecule has 18 heavy (non-hydrogen) atoms. The molecular formula is C13H14F3NO. The summed E-state index contributed by atoms with van der Waals surface area (Å²) in [6.07, 6.45) is -2.99. The number of hydrogen-bond acceptors (Lipinski definition) is 2. The van der Waals surface area contributed by atoms with Crippen molar-refractivity contribution < 1.29 is 18.0 Å². The molecule has 5 heteroatoms. The lowest BCUT2D eigenvalue weighted by Crippen LogP contribution is -2.10. The maximum absolute atomic E-state index is 12.3. The van der Waals surface area contributed by atoms with Crippen LogP contribution in [-0.4, -0.2) is 24.8 Å². The van der Waals surface area contributed by atoms with Crippen LogP contribution in [0, 0.1) is 0 Å². The highest BCUT2D eigenvalue weighted by molar-refractivity contribution is 6.04. The van der Waals surface area contributed by atoms with Crippen LogP contribution in [0.25, 0.3) is 0 Å². The second-order valence-corrected chi connectivity index (χ2v) is 4.12. The van der Waals surface area contributed by atoms with Crippen molar-refractivity contribution in [2.24, 2.45) is 0 Å². The third-order valence-corrected chi connectivity index (χ3v) is 2.54. The summed E-state index contributed by atoms with van der Waals surface area (Å²) in [4.78, 5) is 13.5. The van der Waals surface area contributed by atoms with Gasteiger partial charge in [0, 0.05) is 31.4 Å². The van der Waals surface area contributed by atoms with Gasteiger partial charge in [0.25, 0.3) is 0 Å². The summed E-state index contributed by atoms with van der Waals surface area (Å²) in [5.74, 6) is -0.310. The molecule has 0 aliphatic carbocycles. The van der Waals surface area contributed by atoms with Crippen LogP contribution in [0.4, 0.5) is 13.2 Å². The van der Waals surface area contributed by atoms with Crippen molar-refractivity contribution in [1.29, 1.82) is 0 Å². The normalized spacial score (nSPS) is 12.4. The Kier molecular flexibility index (Phi) is 4.16. The summed E-state index contributed by atoms with van der Waals surface area (Å²) in [7, 11) is 3.57. The molecule has 1 aromatic rings. The van der Waals surface area contributed by atoms with Gasteiger partial charge in [-0.25, -0.2) is 0 Å². The Morgan fingerprint density at radius 2 is 1.67 bits per heavy atom. The van der Waals surface area contributed by atoms with Crippen molar-refractivity contribution in [3.63, 3.8) is 0 Å². The first-order valence-corrected chi connectivity index (χ1v) is 5.29. The van der Waals surface area contributed by atoms with Crippen molar-refractivity contribution in [3.8, 4) is 0 Å². The van der Waals surface area contributed by atoms with Crippen LogP contribution in [0.3, 0.4) is 0 Å². The van der Waals surface area contributed by atoms with Gasteiger partial charge in [-0.3, -0.25) is 4.79 Å². The third kappa shape index (κ3) is 3.61. The summed E-state index contributed by atoms with van der Waals surface area (Å²) in [5.41, 5.74) is 0.219. The van der Waals surface area contributed by atoms with E-state index in [1.54, 1.807) is 25.9 Å². The summed E-state index contributed by atoms with van der Waals surface area (Å²) in [6, 6.07) is 4.19. The number of hydrogen-bond donors (Lipinski definition) is 0. The van der Waals surface area contributed by atoms with Crippen LogP contribution < -0.4 is 0 Å². The number of halogens is 3. The highest BCUT2D eigenvalue weighted by atomic mass is 19.4. The van der Waals surface area contributed by atoms with E-state index < -0.39 is 11.7 Å². The maximum Gasteiger partial charge on any atom is 0.416 e. The topological polar surface area (TPSA) is 20.3 Å². The molecule has 2 nitrogen and oxygen atoms in total. The average molecular weight is 257 g/mol. The molecule has 1 aromatic carbocycles. The van der Waals surface area contributed by atoms with Crippen LogP contribution >= 0.6 is 0 Å². The fourth-order valence-corrected chi connectivity index (χ4v) is 1.23. The molecule has 0 aliphatic heterocycles. The molecule has 0 bridgehead atoms. The number of carbonyl (C=O) groups is 1. The van der Waals surface area contributed by atoms with E-state index in [0.717, 1.165) is 17.8 Å². The summed E-state index contributed by atoms with van der Waals surface area (Å²) in [5, 5.41) is 0. The van der Waals surface area contributed by atoms with Gasteiger partial charge >= 0.3 is 6.18 Å². The third-order valence-electron chi connectivity index (χ3n) is 2.54.